The molecule has 2 aliphatic heterocycles. The van der Waals surface area contributed by atoms with Gasteiger partial charge in [-0.15, -0.1) is 0 Å². The van der Waals surface area contributed by atoms with Crippen molar-refractivity contribution in [1.82, 2.24) is 10.2 Å². The van der Waals surface area contributed by atoms with Crippen LogP contribution >= 0.6 is 0 Å². The molecule has 4 aromatic carbocycles. The number of benzene rings is 4. The number of nitro benzene ring substituents is 1. The van der Waals surface area contributed by atoms with Crippen LogP contribution in [-0.4, -0.2) is 59.7 Å². The Morgan fingerprint density at radius 3 is 2.23 bits per heavy atom. The molecule has 0 bridgehead atoms. The van der Waals surface area contributed by atoms with Crippen molar-refractivity contribution in [3.8, 4) is 11.1 Å². The second kappa shape index (κ2) is 14.9. The maximum absolute atomic E-state index is 11.4. The number of ether oxygens (including phenoxy) is 2. The Balaban J connectivity index is 1.14. The van der Waals surface area contributed by atoms with E-state index < -0.39 is 6.29 Å². The third-order valence-electron chi connectivity index (χ3n) is 8.86. The highest BCUT2D eigenvalue weighted by atomic mass is 16.7. The number of anilines is 1. The van der Waals surface area contributed by atoms with Gasteiger partial charge in [0.2, 0.25) is 5.91 Å². The monoisotopic (exact) mass is 636 g/mol. The summed E-state index contributed by atoms with van der Waals surface area (Å²) in [5.41, 5.74) is 7.10. The van der Waals surface area contributed by atoms with Crippen LogP contribution < -0.4 is 10.2 Å². The number of aliphatic hydroxyl groups is 1. The van der Waals surface area contributed by atoms with Gasteiger partial charge in [-0.2, -0.15) is 0 Å². The van der Waals surface area contributed by atoms with Gasteiger partial charge in [0.15, 0.2) is 6.29 Å². The van der Waals surface area contributed by atoms with Crippen molar-refractivity contribution >= 4 is 17.3 Å². The highest BCUT2D eigenvalue weighted by molar-refractivity contribution is 5.73. The lowest BCUT2D eigenvalue weighted by Gasteiger charge is -2.41. The van der Waals surface area contributed by atoms with Crippen molar-refractivity contribution in [3.63, 3.8) is 0 Å². The van der Waals surface area contributed by atoms with Gasteiger partial charge in [0.1, 0.15) is 0 Å². The molecule has 2 fully saturated rings. The Bertz CT molecular complexity index is 1650. The Morgan fingerprint density at radius 1 is 0.872 bits per heavy atom. The van der Waals surface area contributed by atoms with E-state index in [4.69, 9.17) is 9.47 Å². The summed E-state index contributed by atoms with van der Waals surface area (Å²) in [7, 11) is 0. The highest BCUT2D eigenvalue weighted by Gasteiger charge is 2.34. The molecule has 244 valence electrons. The number of amides is 1. The number of nitro groups is 1. The zero-order chi connectivity index (χ0) is 32.8. The molecule has 2 heterocycles. The van der Waals surface area contributed by atoms with E-state index in [1.807, 2.05) is 48.5 Å². The number of aliphatic hydroxyl groups excluding tert-OH is 1. The molecule has 47 heavy (non-hydrogen) atoms. The minimum Gasteiger partial charge on any atom is -0.392 e. The highest BCUT2D eigenvalue weighted by Crippen LogP contribution is 2.39. The molecule has 0 saturated carbocycles. The summed E-state index contributed by atoms with van der Waals surface area (Å²) in [5.74, 6) is -0.0577. The van der Waals surface area contributed by atoms with E-state index in [1.165, 1.54) is 6.92 Å². The van der Waals surface area contributed by atoms with Crippen LogP contribution in [-0.2, 0) is 27.4 Å². The average Bonchev–Trinajstić information content (AvgIpc) is 3.11. The largest absolute Gasteiger partial charge is 0.392 e. The number of carbonyl (C=O) groups is 1. The van der Waals surface area contributed by atoms with Crippen LogP contribution in [0.1, 0.15) is 48.0 Å². The third kappa shape index (κ3) is 8.22. The van der Waals surface area contributed by atoms with Crippen LogP contribution in [0.3, 0.4) is 0 Å². The first kappa shape index (κ1) is 32.3. The maximum atomic E-state index is 11.4. The van der Waals surface area contributed by atoms with E-state index in [9.17, 15) is 20.0 Å². The molecule has 4 aromatic rings. The molecule has 10 nitrogen and oxygen atoms in total. The molecule has 10 heteroatoms. The van der Waals surface area contributed by atoms with Gasteiger partial charge in [-0.05, 0) is 46.0 Å². The molecule has 2 saturated heterocycles. The lowest BCUT2D eigenvalue weighted by Crippen LogP contribution is -2.49. The molecule has 0 unspecified atom stereocenters. The number of rotatable bonds is 10. The summed E-state index contributed by atoms with van der Waals surface area (Å²) in [6, 6.07) is 31.1. The summed E-state index contributed by atoms with van der Waals surface area (Å²) in [6.45, 7) is 6.11. The molecule has 6 rings (SSSR count). The SMILES string of the molecule is CC(=O)NCc1cccc(-c2ccc([C@@H]3O[C@H](CN4CCN(c5ccc([N+](=O)[O-])cc5)CC4)C[C@H](c4ccc(CO)cc4)O3)cc2)c1. The van der Waals surface area contributed by atoms with Gasteiger partial charge in [0, 0.05) is 76.0 Å². The van der Waals surface area contributed by atoms with Gasteiger partial charge >= 0.3 is 0 Å². The predicted octanol–water partition coefficient (Wildman–Crippen LogP) is 5.76. The fourth-order valence-corrected chi connectivity index (χ4v) is 6.21. The minimum absolute atomic E-state index is 0.00544. The van der Waals surface area contributed by atoms with Crippen LogP contribution in [0, 0.1) is 10.1 Å². The lowest BCUT2D eigenvalue weighted by molar-refractivity contribution is -0.384. The standard InChI is InChI=1S/C37H40N4O6/c1-26(43)38-23-28-3-2-4-32(21-28)29-9-11-31(12-10-29)37-46-35(22-36(47-37)30-7-5-27(25-42)6-8-30)24-39-17-19-40(20-18-39)33-13-15-34(16-14-33)41(44)45/h2-16,21,35-37,42H,17-20,22-25H2,1H3,(H,38,43)/t35-,36+,37+/m0/s1. The molecular formula is C37H40N4O6. The van der Waals surface area contributed by atoms with Crippen LogP contribution in [0.2, 0.25) is 0 Å². The van der Waals surface area contributed by atoms with Crippen LogP contribution in [0.5, 0.6) is 0 Å². The normalized spacial score (nSPS) is 20.1. The van der Waals surface area contributed by atoms with Crippen LogP contribution in [0.4, 0.5) is 11.4 Å². The van der Waals surface area contributed by atoms with Crippen molar-refractivity contribution in [3.05, 3.63) is 129 Å². The van der Waals surface area contributed by atoms with Crippen molar-refractivity contribution in [2.45, 2.75) is 45.0 Å². The van der Waals surface area contributed by atoms with Crippen LogP contribution in [0.25, 0.3) is 11.1 Å². The lowest BCUT2D eigenvalue weighted by atomic mass is 9.98. The molecular weight excluding hydrogens is 596 g/mol. The molecule has 1 amide bonds. The summed E-state index contributed by atoms with van der Waals surface area (Å²) in [6.07, 6.45) is -0.0698. The minimum atomic E-state index is -0.544. The van der Waals surface area contributed by atoms with Gasteiger partial charge in [0.05, 0.1) is 23.7 Å². The molecule has 0 radical (unpaired) electrons. The quantitative estimate of drug-likeness (QED) is 0.167. The Kier molecular flexibility index (Phi) is 10.2. The number of hydrogen-bond donors (Lipinski definition) is 2. The van der Waals surface area contributed by atoms with Gasteiger partial charge in [-0.25, -0.2) is 0 Å². The van der Waals surface area contributed by atoms with Crippen LogP contribution in [0.15, 0.2) is 97.1 Å². The molecule has 2 aliphatic rings. The first-order chi connectivity index (χ1) is 22.8. The average molecular weight is 637 g/mol. The van der Waals surface area contributed by atoms with Crippen molar-refractivity contribution in [2.24, 2.45) is 0 Å². The fourth-order valence-electron chi connectivity index (χ4n) is 6.21. The fraction of sp³-hybridized carbons (Fsp3) is 0.324. The number of non-ortho nitro benzene ring substituents is 1. The summed E-state index contributed by atoms with van der Waals surface area (Å²) in [4.78, 5) is 26.7. The van der Waals surface area contributed by atoms with Gasteiger partial charge in [0.25, 0.3) is 5.69 Å². The number of hydrogen-bond acceptors (Lipinski definition) is 8. The van der Waals surface area contributed by atoms with E-state index in [-0.39, 0.29) is 35.3 Å². The van der Waals surface area contributed by atoms with E-state index in [0.29, 0.717) is 13.0 Å². The predicted molar refractivity (Wildman–Crippen MR) is 180 cm³/mol. The number of piperazine rings is 1. The summed E-state index contributed by atoms with van der Waals surface area (Å²) >= 11 is 0. The number of carbonyl (C=O) groups excluding carboxylic acids is 1. The Labute approximate surface area is 274 Å². The van der Waals surface area contributed by atoms with E-state index in [0.717, 1.165) is 71.8 Å². The second-order valence-electron chi connectivity index (χ2n) is 12.1. The van der Waals surface area contributed by atoms with E-state index in [1.54, 1.807) is 12.1 Å². The second-order valence-corrected chi connectivity index (χ2v) is 12.1. The van der Waals surface area contributed by atoms with Gasteiger partial charge in [-0.3, -0.25) is 19.8 Å². The Morgan fingerprint density at radius 2 is 1.57 bits per heavy atom. The smallest absolute Gasteiger partial charge is 0.269 e. The first-order valence-corrected chi connectivity index (χ1v) is 16.0. The number of nitrogens with zero attached hydrogens (tertiary/aromatic N) is 3. The maximum Gasteiger partial charge on any atom is 0.269 e. The molecule has 2 N–H and O–H groups in total. The zero-order valence-electron chi connectivity index (χ0n) is 26.5. The van der Waals surface area contributed by atoms with Crippen molar-refractivity contribution < 1.29 is 24.3 Å². The third-order valence-corrected chi connectivity index (χ3v) is 8.86. The van der Waals surface area contributed by atoms with Gasteiger partial charge in [-0.1, -0.05) is 66.7 Å². The summed E-state index contributed by atoms with van der Waals surface area (Å²) in [5, 5.41) is 23.4. The number of nitrogens with one attached hydrogen (secondary N) is 1. The summed E-state index contributed by atoms with van der Waals surface area (Å²) < 4.78 is 13.2. The molecule has 0 aliphatic carbocycles. The van der Waals surface area contributed by atoms with E-state index in [2.05, 4.69) is 51.5 Å². The first-order valence-electron chi connectivity index (χ1n) is 16.0. The topological polar surface area (TPSA) is 117 Å². The van der Waals surface area contributed by atoms with Gasteiger partial charge < -0.3 is 24.8 Å². The van der Waals surface area contributed by atoms with Crippen molar-refractivity contribution in [2.75, 3.05) is 37.6 Å². The molecule has 0 aromatic heterocycles. The van der Waals surface area contributed by atoms with Crippen molar-refractivity contribution in [1.29, 1.82) is 0 Å². The molecule has 3 atom stereocenters. The van der Waals surface area contributed by atoms with E-state index >= 15 is 0 Å². The zero-order valence-corrected chi connectivity index (χ0v) is 26.5. The molecule has 0 spiro atoms. The Hall–Kier alpha value is -4.61.